The van der Waals surface area contributed by atoms with Crippen molar-refractivity contribution < 1.29 is 4.79 Å². The molecule has 4 rings (SSSR count). The molecule has 2 aliphatic rings. The van der Waals surface area contributed by atoms with E-state index in [0.29, 0.717) is 13.1 Å². The van der Waals surface area contributed by atoms with Crippen molar-refractivity contribution in [3.8, 4) is 0 Å². The summed E-state index contributed by atoms with van der Waals surface area (Å²) in [6.45, 7) is 3.03. The van der Waals surface area contributed by atoms with Gasteiger partial charge in [0.05, 0.1) is 15.8 Å². The number of anilines is 1. The van der Waals surface area contributed by atoms with Gasteiger partial charge in [-0.2, -0.15) is 0 Å². The number of carbonyl (C=O) groups excluding carboxylic acids is 1. The van der Waals surface area contributed by atoms with Crippen LogP contribution in [0.15, 0.2) is 17.8 Å². The predicted octanol–water partition coefficient (Wildman–Crippen LogP) is 2.00. The second-order valence-electron chi connectivity index (χ2n) is 6.83. The van der Waals surface area contributed by atoms with Crippen LogP contribution in [-0.4, -0.2) is 52.5 Å². The maximum absolute atomic E-state index is 12.8. The highest BCUT2D eigenvalue weighted by molar-refractivity contribution is 7.17. The van der Waals surface area contributed by atoms with Gasteiger partial charge in [0.25, 0.3) is 0 Å². The van der Waals surface area contributed by atoms with Crippen molar-refractivity contribution in [2.75, 3.05) is 31.1 Å². The average molecular weight is 345 g/mol. The number of rotatable bonds is 2. The Morgan fingerprint density at radius 3 is 2.62 bits per heavy atom. The molecule has 6 nitrogen and oxygen atoms in total. The molecule has 24 heavy (non-hydrogen) atoms. The molecule has 0 bridgehead atoms. The standard InChI is InChI=1S/C17H23N5OS/c18-17(5-2-1-3-6-17)16(23)22-9-7-21(8-10-22)15-14-13(4-11-24-14)19-12-20-15/h4,11-12H,1-3,5-10,18H2. The Kier molecular flexibility index (Phi) is 4.14. The Labute approximate surface area is 145 Å². The van der Waals surface area contributed by atoms with Crippen LogP contribution in [0, 0.1) is 0 Å². The summed E-state index contributed by atoms with van der Waals surface area (Å²) in [5.41, 5.74) is 6.78. The summed E-state index contributed by atoms with van der Waals surface area (Å²) >= 11 is 1.67. The maximum Gasteiger partial charge on any atom is 0.242 e. The molecule has 1 amide bonds. The van der Waals surface area contributed by atoms with Gasteiger partial charge in [0.15, 0.2) is 0 Å². The molecule has 1 saturated carbocycles. The molecule has 2 aromatic heterocycles. The molecule has 0 unspecified atom stereocenters. The minimum atomic E-state index is -0.629. The molecule has 0 spiro atoms. The first-order valence-corrected chi connectivity index (χ1v) is 9.57. The summed E-state index contributed by atoms with van der Waals surface area (Å²) in [6.07, 6.45) is 6.61. The number of nitrogens with two attached hydrogens (primary N) is 1. The van der Waals surface area contributed by atoms with Crippen LogP contribution in [0.3, 0.4) is 0 Å². The predicted molar refractivity (Wildman–Crippen MR) is 96.2 cm³/mol. The number of carbonyl (C=O) groups is 1. The molecular weight excluding hydrogens is 322 g/mol. The van der Waals surface area contributed by atoms with E-state index in [1.165, 1.54) is 6.42 Å². The third-order valence-corrected chi connectivity index (χ3v) is 6.16. The van der Waals surface area contributed by atoms with E-state index in [-0.39, 0.29) is 5.91 Å². The molecule has 3 heterocycles. The third kappa shape index (κ3) is 2.75. The summed E-state index contributed by atoms with van der Waals surface area (Å²) in [5, 5.41) is 2.05. The summed E-state index contributed by atoms with van der Waals surface area (Å²) in [6, 6.07) is 2.02. The van der Waals surface area contributed by atoms with Crippen molar-refractivity contribution in [2.45, 2.75) is 37.6 Å². The fourth-order valence-corrected chi connectivity index (χ4v) is 4.70. The van der Waals surface area contributed by atoms with Gasteiger partial charge in [-0.25, -0.2) is 9.97 Å². The van der Waals surface area contributed by atoms with Crippen LogP contribution in [0.2, 0.25) is 0 Å². The molecule has 1 aliphatic carbocycles. The monoisotopic (exact) mass is 345 g/mol. The number of thiophene rings is 1. The lowest BCUT2D eigenvalue weighted by atomic mass is 9.81. The lowest BCUT2D eigenvalue weighted by Crippen LogP contribution is -2.60. The van der Waals surface area contributed by atoms with E-state index in [4.69, 9.17) is 5.73 Å². The van der Waals surface area contributed by atoms with E-state index < -0.39 is 5.54 Å². The van der Waals surface area contributed by atoms with Crippen LogP contribution in [-0.2, 0) is 4.79 Å². The number of aromatic nitrogens is 2. The summed E-state index contributed by atoms with van der Waals surface area (Å²) in [5.74, 6) is 1.13. The molecule has 2 aromatic rings. The third-order valence-electron chi connectivity index (χ3n) is 5.26. The molecular formula is C17H23N5OS. The van der Waals surface area contributed by atoms with Crippen LogP contribution in [0.1, 0.15) is 32.1 Å². The highest BCUT2D eigenvalue weighted by atomic mass is 32.1. The van der Waals surface area contributed by atoms with Crippen molar-refractivity contribution in [1.82, 2.24) is 14.9 Å². The number of amides is 1. The van der Waals surface area contributed by atoms with E-state index >= 15 is 0 Å². The zero-order chi connectivity index (χ0) is 16.6. The van der Waals surface area contributed by atoms with Gasteiger partial charge in [0.1, 0.15) is 12.1 Å². The number of hydrogen-bond acceptors (Lipinski definition) is 6. The number of piperazine rings is 1. The molecule has 0 aromatic carbocycles. The van der Waals surface area contributed by atoms with Crippen LogP contribution in [0.5, 0.6) is 0 Å². The van der Waals surface area contributed by atoms with Gasteiger partial charge in [0, 0.05) is 26.2 Å². The van der Waals surface area contributed by atoms with Crippen LogP contribution in [0.25, 0.3) is 10.2 Å². The molecule has 1 saturated heterocycles. The molecule has 1 aliphatic heterocycles. The van der Waals surface area contributed by atoms with E-state index in [1.54, 1.807) is 17.7 Å². The quantitative estimate of drug-likeness (QED) is 0.901. The minimum absolute atomic E-state index is 0.144. The second-order valence-corrected chi connectivity index (χ2v) is 7.74. The first-order valence-electron chi connectivity index (χ1n) is 8.69. The first kappa shape index (κ1) is 15.8. The topological polar surface area (TPSA) is 75.4 Å². The molecule has 2 N–H and O–H groups in total. The van der Waals surface area contributed by atoms with Crippen molar-refractivity contribution >= 4 is 33.3 Å². The fraction of sp³-hybridized carbons (Fsp3) is 0.588. The number of hydrogen-bond donors (Lipinski definition) is 1. The number of fused-ring (bicyclic) bond motifs is 1. The molecule has 0 radical (unpaired) electrons. The molecule has 0 atom stereocenters. The zero-order valence-corrected chi connectivity index (χ0v) is 14.6. The van der Waals surface area contributed by atoms with Gasteiger partial charge in [-0.05, 0) is 24.3 Å². The van der Waals surface area contributed by atoms with E-state index in [2.05, 4.69) is 14.9 Å². The van der Waals surface area contributed by atoms with Crippen molar-refractivity contribution in [1.29, 1.82) is 0 Å². The lowest BCUT2D eigenvalue weighted by molar-refractivity contribution is -0.138. The Morgan fingerprint density at radius 1 is 1.12 bits per heavy atom. The van der Waals surface area contributed by atoms with Crippen LogP contribution < -0.4 is 10.6 Å². The first-order chi connectivity index (χ1) is 11.7. The van der Waals surface area contributed by atoms with Gasteiger partial charge in [0.2, 0.25) is 5.91 Å². The highest BCUT2D eigenvalue weighted by Crippen LogP contribution is 2.30. The van der Waals surface area contributed by atoms with Crippen LogP contribution >= 0.6 is 11.3 Å². The summed E-state index contributed by atoms with van der Waals surface area (Å²) in [4.78, 5) is 25.8. The van der Waals surface area contributed by atoms with Crippen molar-refractivity contribution in [3.05, 3.63) is 17.8 Å². The summed E-state index contributed by atoms with van der Waals surface area (Å²) < 4.78 is 1.12. The van der Waals surface area contributed by atoms with Crippen LogP contribution in [0.4, 0.5) is 5.82 Å². The normalized spacial score (nSPS) is 21.2. The number of nitrogens with zero attached hydrogens (tertiary/aromatic N) is 4. The zero-order valence-electron chi connectivity index (χ0n) is 13.8. The van der Waals surface area contributed by atoms with Gasteiger partial charge in [-0.1, -0.05) is 19.3 Å². The SMILES string of the molecule is NC1(C(=O)N2CCN(c3ncnc4ccsc34)CC2)CCCCC1. The van der Waals surface area contributed by atoms with Gasteiger partial charge < -0.3 is 15.5 Å². The Morgan fingerprint density at radius 2 is 1.88 bits per heavy atom. The van der Waals surface area contributed by atoms with Crippen molar-refractivity contribution in [3.63, 3.8) is 0 Å². The lowest BCUT2D eigenvalue weighted by Gasteiger charge is -2.41. The highest BCUT2D eigenvalue weighted by Gasteiger charge is 2.39. The fourth-order valence-electron chi connectivity index (χ4n) is 3.83. The Hall–Kier alpha value is -1.73. The minimum Gasteiger partial charge on any atom is -0.352 e. The van der Waals surface area contributed by atoms with E-state index in [1.807, 2.05) is 16.3 Å². The Balaban J connectivity index is 1.45. The molecule has 7 heteroatoms. The second kappa shape index (κ2) is 6.29. The average Bonchev–Trinajstić information content (AvgIpc) is 3.11. The Bertz CT molecular complexity index is 731. The summed E-state index contributed by atoms with van der Waals surface area (Å²) in [7, 11) is 0. The molecule has 128 valence electrons. The van der Waals surface area contributed by atoms with Gasteiger partial charge in [-0.15, -0.1) is 11.3 Å². The smallest absolute Gasteiger partial charge is 0.242 e. The van der Waals surface area contributed by atoms with Gasteiger partial charge in [-0.3, -0.25) is 4.79 Å². The molecule has 2 fully saturated rings. The largest absolute Gasteiger partial charge is 0.352 e. The maximum atomic E-state index is 12.8. The van der Waals surface area contributed by atoms with Gasteiger partial charge >= 0.3 is 0 Å². The van der Waals surface area contributed by atoms with Crippen molar-refractivity contribution in [2.24, 2.45) is 5.73 Å². The van der Waals surface area contributed by atoms with E-state index in [9.17, 15) is 4.79 Å². The van der Waals surface area contributed by atoms with E-state index in [0.717, 1.165) is 54.8 Å².